The van der Waals surface area contributed by atoms with E-state index >= 15 is 0 Å². The van der Waals surface area contributed by atoms with Gasteiger partial charge in [-0.25, -0.2) is 0 Å². The number of nitrogens with zero attached hydrogens (tertiary/aromatic N) is 2. The summed E-state index contributed by atoms with van der Waals surface area (Å²) in [6.45, 7) is 1.60. The van der Waals surface area contributed by atoms with Crippen molar-refractivity contribution in [3.05, 3.63) is 21.9 Å². The van der Waals surface area contributed by atoms with Gasteiger partial charge in [0, 0.05) is 24.4 Å². The Bertz CT molecular complexity index is 383. The SMILES string of the molecule is N#CN1CCCCC(O)c2ccsc2CC1. The highest BCUT2D eigenvalue weighted by molar-refractivity contribution is 7.10. The van der Waals surface area contributed by atoms with Gasteiger partial charge in [0.1, 0.15) is 0 Å². The standard InChI is InChI=1S/C12H16N2OS/c13-9-14-6-2-1-3-11(15)10-5-8-16-12(10)4-7-14/h5,8,11,15H,1-4,6-7H2. The monoisotopic (exact) mass is 236 g/mol. The van der Waals surface area contributed by atoms with Gasteiger partial charge in [-0.2, -0.15) is 5.26 Å². The second-order valence-corrected chi connectivity index (χ2v) is 5.15. The van der Waals surface area contributed by atoms with Gasteiger partial charge in [0.2, 0.25) is 0 Å². The molecule has 2 heterocycles. The predicted molar refractivity (Wildman–Crippen MR) is 64.0 cm³/mol. The normalized spacial score (nSPS) is 22.2. The molecule has 1 atom stereocenters. The first-order chi connectivity index (χ1) is 7.81. The van der Waals surface area contributed by atoms with Crippen LogP contribution in [-0.4, -0.2) is 23.1 Å². The third kappa shape index (κ3) is 2.55. The van der Waals surface area contributed by atoms with E-state index < -0.39 is 0 Å². The average Bonchev–Trinajstić information content (AvgIpc) is 2.76. The molecule has 1 aromatic heterocycles. The Labute approximate surface area is 99.9 Å². The van der Waals surface area contributed by atoms with E-state index in [1.54, 1.807) is 11.3 Å². The molecule has 1 aliphatic rings. The second-order valence-electron chi connectivity index (χ2n) is 4.15. The van der Waals surface area contributed by atoms with E-state index in [4.69, 9.17) is 5.26 Å². The van der Waals surface area contributed by atoms with E-state index in [9.17, 15) is 5.11 Å². The Morgan fingerprint density at radius 1 is 1.44 bits per heavy atom. The number of thiophene rings is 1. The molecule has 1 aromatic rings. The molecule has 0 saturated heterocycles. The number of hydrogen-bond acceptors (Lipinski definition) is 4. The summed E-state index contributed by atoms with van der Waals surface area (Å²) in [4.78, 5) is 3.05. The van der Waals surface area contributed by atoms with Crippen LogP contribution in [0.25, 0.3) is 0 Å². The average molecular weight is 236 g/mol. The first kappa shape index (κ1) is 11.4. The van der Waals surface area contributed by atoms with Gasteiger partial charge < -0.3 is 10.0 Å². The summed E-state index contributed by atoms with van der Waals surface area (Å²) < 4.78 is 0. The van der Waals surface area contributed by atoms with E-state index in [0.29, 0.717) is 0 Å². The molecular weight excluding hydrogens is 220 g/mol. The van der Waals surface area contributed by atoms with Crippen molar-refractivity contribution < 1.29 is 5.11 Å². The minimum Gasteiger partial charge on any atom is -0.388 e. The van der Waals surface area contributed by atoms with Crippen molar-refractivity contribution in [2.45, 2.75) is 31.8 Å². The van der Waals surface area contributed by atoms with Crippen LogP contribution in [0.1, 0.15) is 35.8 Å². The summed E-state index contributed by atoms with van der Waals surface area (Å²) in [6.07, 6.45) is 5.57. The van der Waals surface area contributed by atoms with Gasteiger partial charge in [0.05, 0.1) is 6.10 Å². The van der Waals surface area contributed by atoms with Crippen molar-refractivity contribution in [1.82, 2.24) is 4.90 Å². The number of aliphatic hydroxyl groups excluding tert-OH is 1. The van der Waals surface area contributed by atoms with Crippen LogP contribution in [0.15, 0.2) is 11.4 Å². The molecule has 1 N–H and O–H groups in total. The van der Waals surface area contributed by atoms with Gasteiger partial charge >= 0.3 is 0 Å². The van der Waals surface area contributed by atoms with Gasteiger partial charge in [-0.05, 0) is 36.3 Å². The minimum atomic E-state index is -0.310. The summed E-state index contributed by atoms with van der Waals surface area (Å²) in [5.41, 5.74) is 1.07. The van der Waals surface area contributed by atoms with Crippen LogP contribution in [-0.2, 0) is 6.42 Å². The Hall–Kier alpha value is -1.05. The highest BCUT2D eigenvalue weighted by Gasteiger charge is 2.16. The van der Waals surface area contributed by atoms with E-state index in [0.717, 1.165) is 44.3 Å². The largest absolute Gasteiger partial charge is 0.388 e. The van der Waals surface area contributed by atoms with Crippen LogP contribution in [0.5, 0.6) is 0 Å². The number of hydrogen-bond donors (Lipinski definition) is 1. The van der Waals surface area contributed by atoms with E-state index in [1.165, 1.54) is 4.88 Å². The molecular formula is C12H16N2OS. The lowest BCUT2D eigenvalue weighted by molar-refractivity contribution is 0.160. The van der Waals surface area contributed by atoms with Gasteiger partial charge in [-0.15, -0.1) is 11.3 Å². The lowest BCUT2D eigenvalue weighted by atomic mass is 10.0. The van der Waals surface area contributed by atoms with Gasteiger partial charge in [0.25, 0.3) is 0 Å². The van der Waals surface area contributed by atoms with Crippen molar-refractivity contribution in [2.75, 3.05) is 13.1 Å². The highest BCUT2D eigenvalue weighted by Crippen LogP contribution is 2.28. The van der Waals surface area contributed by atoms with Crippen LogP contribution in [0.2, 0.25) is 0 Å². The summed E-state index contributed by atoms with van der Waals surface area (Å²) in [5, 5.41) is 21.0. The lowest BCUT2D eigenvalue weighted by Gasteiger charge is -2.19. The van der Waals surface area contributed by atoms with Crippen LogP contribution in [0, 0.1) is 11.5 Å². The van der Waals surface area contributed by atoms with Crippen molar-refractivity contribution in [1.29, 1.82) is 5.26 Å². The summed E-state index contributed by atoms with van der Waals surface area (Å²) >= 11 is 1.68. The second kappa shape index (κ2) is 5.33. The van der Waals surface area contributed by atoms with E-state index in [2.05, 4.69) is 6.19 Å². The molecule has 86 valence electrons. The molecule has 0 bridgehead atoms. The molecule has 4 heteroatoms. The molecule has 16 heavy (non-hydrogen) atoms. The number of nitriles is 1. The third-order valence-electron chi connectivity index (χ3n) is 3.04. The lowest BCUT2D eigenvalue weighted by Crippen LogP contribution is -2.23. The molecule has 0 aromatic carbocycles. The quantitative estimate of drug-likeness (QED) is 0.703. The van der Waals surface area contributed by atoms with Gasteiger partial charge in [-0.1, -0.05) is 0 Å². The summed E-state index contributed by atoms with van der Waals surface area (Å²) in [6, 6.07) is 2.02. The van der Waals surface area contributed by atoms with E-state index in [-0.39, 0.29) is 6.10 Å². The fourth-order valence-corrected chi connectivity index (χ4v) is 3.02. The van der Waals surface area contributed by atoms with Crippen LogP contribution in [0.3, 0.4) is 0 Å². The molecule has 0 saturated carbocycles. The Balaban J connectivity index is 2.14. The molecule has 0 fully saturated rings. The number of aliphatic hydroxyl groups is 1. The topological polar surface area (TPSA) is 47.3 Å². The van der Waals surface area contributed by atoms with Crippen molar-refractivity contribution in [2.24, 2.45) is 0 Å². The molecule has 1 aliphatic heterocycles. The molecule has 0 radical (unpaired) electrons. The first-order valence-electron chi connectivity index (χ1n) is 5.70. The third-order valence-corrected chi connectivity index (χ3v) is 4.04. The van der Waals surface area contributed by atoms with Crippen molar-refractivity contribution in [3.63, 3.8) is 0 Å². The molecule has 0 spiro atoms. The zero-order chi connectivity index (χ0) is 11.4. The molecule has 1 unspecified atom stereocenters. The maximum Gasteiger partial charge on any atom is 0.179 e. The van der Waals surface area contributed by atoms with Crippen molar-refractivity contribution >= 4 is 11.3 Å². The fraction of sp³-hybridized carbons (Fsp3) is 0.583. The van der Waals surface area contributed by atoms with Crippen LogP contribution >= 0.6 is 11.3 Å². The first-order valence-corrected chi connectivity index (χ1v) is 6.58. The molecule has 0 amide bonds. The van der Waals surface area contributed by atoms with Crippen LogP contribution in [0.4, 0.5) is 0 Å². The van der Waals surface area contributed by atoms with E-state index in [1.807, 2.05) is 16.3 Å². The van der Waals surface area contributed by atoms with Gasteiger partial charge in [0.15, 0.2) is 6.19 Å². The predicted octanol–water partition coefficient (Wildman–Crippen LogP) is 2.29. The van der Waals surface area contributed by atoms with Crippen LogP contribution < -0.4 is 0 Å². The maximum atomic E-state index is 10.0. The molecule has 3 nitrogen and oxygen atoms in total. The number of rotatable bonds is 0. The fourth-order valence-electron chi connectivity index (χ4n) is 2.09. The van der Waals surface area contributed by atoms with Crippen molar-refractivity contribution in [3.8, 4) is 6.19 Å². The Morgan fingerprint density at radius 3 is 3.12 bits per heavy atom. The smallest absolute Gasteiger partial charge is 0.179 e. The Morgan fingerprint density at radius 2 is 2.31 bits per heavy atom. The Kier molecular flexibility index (Phi) is 3.81. The maximum absolute atomic E-state index is 10.0. The van der Waals surface area contributed by atoms with Gasteiger partial charge in [-0.3, -0.25) is 0 Å². The zero-order valence-corrected chi connectivity index (χ0v) is 10.0. The zero-order valence-electron chi connectivity index (χ0n) is 9.22. The molecule has 0 aliphatic carbocycles. The summed E-state index contributed by atoms with van der Waals surface area (Å²) in [7, 11) is 0. The minimum absolute atomic E-state index is 0.310. The summed E-state index contributed by atoms with van der Waals surface area (Å²) in [5.74, 6) is 0. The highest BCUT2D eigenvalue weighted by atomic mass is 32.1. The number of fused-ring (bicyclic) bond motifs is 1. The molecule has 2 rings (SSSR count).